The highest BCUT2D eigenvalue weighted by molar-refractivity contribution is 7.98. The third kappa shape index (κ3) is 9.25. The summed E-state index contributed by atoms with van der Waals surface area (Å²) < 4.78 is 0. The Balaban J connectivity index is 4.33. The lowest BCUT2D eigenvalue weighted by Gasteiger charge is -2.37. The standard InChI is InChI=1S/C17H38N2S/c1-8-10-17(5,13-18-12-15(2)3)14-19(6)16(4)9-11-20-7/h15-16,18H,8-14H2,1-7H3. The van der Waals surface area contributed by atoms with Crippen molar-refractivity contribution in [2.75, 3.05) is 38.7 Å². The van der Waals surface area contributed by atoms with E-state index in [2.05, 4.69) is 58.1 Å². The van der Waals surface area contributed by atoms with Crippen LogP contribution in [0, 0.1) is 11.3 Å². The highest BCUT2D eigenvalue weighted by Gasteiger charge is 2.26. The molecular formula is C17H38N2S. The Labute approximate surface area is 132 Å². The summed E-state index contributed by atoms with van der Waals surface area (Å²) in [5.41, 5.74) is 0.395. The molecule has 0 aliphatic heterocycles. The van der Waals surface area contributed by atoms with Crippen LogP contribution in [0.25, 0.3) is 0 Å². The highest BCUT2D eigenvalue weighted by atomic mass is 32.2. The first-order chi connectivity index (χ1) is 9.34. The second-order valence-electron chi connectivity index (χ2n) is 7.13. The van der Waals surface area contributed by atoms with E-state index in [9.17, 15) is 0 Å². The van der Waals surface area contributed by atoms with Crippen molar-refractivity contribution in [3.63, 3.8) is 0 Å². The fourth-order valence-corrected chi connectivity index (χ4v) is 3.33. The molecule has 0 aliphatic carbocycles. The average Bonchev–Trinajstić information content (AvgIpc) is 2.35. The molecule has 1 N–H and O–H groups in total. The van der Waals surface area contributed by atoms with Crippen LogP contribution in [-0.2, 0) is 0 Å². The Kier molecular flexibility index (Phi) is 11.1. The third-order valence-corrected chi connectivity index (χ3v) is 4.73. The van der Waals surface area contributed by atoms with Crippen LogP contribution in [0.4, 0.5) is 0 Å². The zero-order valence-corrected chi connectivity index (χ0v) is 15.8. The van der Waals surface area contributed by atoms with Gasteiger partial charge in [-0.2, -0.15) is 11.8 Å². The molecule has 122 valence electrons. The van der Waals surface area contributed by atoms with Crippen molar-refractivity contribution in [2.24, 2.45) is 11.3 Å². The van der Waals surface area contributed by atoms with Crippen LogP contribution in [0.3, 0.4) is 0 Å². The summed E-state index contributed by atoms with van der Waals surface area (Å²) in [6.07, 6.45) is 6.06. The van der Waals surface area contributed by atoms with Crippen molar-refractivity contribution in [3.05, 3.63) is 0 Å². The van der Waals surface area contributed by atoms with E-state index in [4.69, 9.17) is 0 Å². The molecule has 20 heavy (non-hydrogen) atoms. The van der Waals surface area contributed by atoms with Crippen LogP contribution in [0.1, 0.15) is 53.9 Å². The molecular weight excluding hydrogens is 264 g/mol. The monoisotopic (exact) mass is 302 g/mol. The van der Waals surface area contributed by atoms with Crippen molar-refractivity contribution in [1.82, 2.24) is 10.2 Å². The molecule has 3 heteroatoms. The second kappa shape index (κ2) is 10.9. The number of nitrogens with one attached hydrogen (secondary N) is 1. The summed E-state index contributed by atoms with van der Waals surface area (Å²) >= 11 is 1.95. The topological polar surface area (TPSA) is 15.3 Å². The number of thioether (sulfide) groups is 1. The number of rotatable bonds is 12. The van der Waals surface area contributed by atoms with Crippen molar-refractivity contribution in [2.45, 2.75) is 59.9 Å². The Hall–Kier alpha value is 0.270. The molecule has 0 bridgehead atoms. The first-order valence-corrected chi connectivity index (χ1v) is 9.64. The highest BCUT2D eigenvalue weighted by Crippen LogP contribution is 2.25. The van der Waals surface area contributed by atoms with E-state index in [1.807, 2.05) is 11.8 Å². The maximum Gasteiger partial charge on any atom is 0.00719 e. The maximum atomic E-state index is 3.67. The molecule has 0 rings (SSSR count). The summed E-state index contributed by atoms with van der Waals surface area (Å²) in [6.45, 7) is 15.1. The van der Waals surface area contributed by atoms with Crippen molar-refractivity contribution in [3.8, 4) is 0 Å². The van der Waals surface area contributed by atoms with Crippen molar-refractivity contribution in [1.29, 1.82) is 0 Å². The Morgan fingerprint density at radius 1 is 1.25 bits per heavy atom. The number of hydrogen-bond acceptors (Lipinski definition) is 3. The maximum absolute atomic E-state index is 3.67. The van der Waals surface area contributed by atoms with Gasteiger partial charge >= 0.3 is 0 Å². The summed E-state index contributed by atoms with van der Waals surface area (Å²) in [7, 11) is 2.29. The molecule has 2 unspecified atom stereocenters. The molecule has 0 saturated carbocycles. The van der Waals surface area contributed by atoms with Crippen LogP contribution < -0.4 is 5.32 Å². The predicted molar refractivity (Wildman–Crippen MR) is 95.8 cm³/mol. The minimum Gasteiger partial charge on any atom is -0.316 e. The third-order valence-electron chi connectivity index (χ3n) is 4.08. The minimum absolute atomic E-state index is 0.395. The molecule has 0 radical (unpaired) electrons. The van der Waals surface area contributed by atoms with Crippen molar-refractivity contribution < 1.29 is 0 Å². The molecule has 0 saturated heterocycles. The smallest absolute Gasteiger partial charge is 0.00719 e. The summed E-state index contributed by atoms with van der Waals surface area (Å²) in [4.78, 5) is 2.56. The Bertz CT molecular complexity index is 233. The van der Waals surface area contributed by atoms with Gasteiger partial charge in [-0.1, -0.05) is 34.1 Å². The number of hydrogen-bond donors (Lipinski definition) is 1. The Morgan fingerprint density at radius 3 is 2.40 bits per heavy atom. The quantitative estimate of drug-likeness (QED) is 0.584. The first kappa shape index (κ1) is 20.3. The molecule has 2 nitrogen and oxygen atoms in total. The number of nitrogens with zero attached hydrogens (tertiary/aromatic N) is 1. The fourth-order valence-electron chi connectivity index (χ4n) is 2.76. The van der Waals surface area contributed by atoms with E-state index in [0.717, 1.165) is 19.0 Å². The minimum atomic E-state index is 0.395. The molecule has 0 spiro atoms. The largest absolute Gasteiger partial charge is 0.316 e. The average molecular weight is 303 g/mol. The normalized spacial score (nSPS) is 16.6. The summed E-state index contributed by atoms with van der Waals surface area (Å²) in [5.74, 6) is 2.00. The molecule has 0 aliphatic rings. The molecule has 0 aromatic rings. The van der Waals surface area contributed by atoms with Gasteiger partial charge in [-0.05, 0) is 56.7 Å². The van der Waals surface area contributed by atoms with Crippen LogP contribution in [0.2, 0.25) is 0 Å². The lowest BCUT2D eigenvalue weighted by atomic mass is 9.84. The molecule has 0 aromatic heterocycles. The van der Waals surface area contributed by atoms with Gasteiger partial charge in [-0.25, -0.2) is 0 Å². The van der Waals surface area contributed by atoms with Gasteiger partial charge in [0, 0.05) is 19.1 Å². The zero-order valence-electron chi connectivity index (χ0n) is 15.0. The Morgan fingerprint density at radius 2 is 1.90 bits per heavy atom. The van der Waals surface area contributed by atoms with Crippen LogP contribution in [0.15, 0.2) is 0 Å². The van der Waals surface area contributed by atoms with Gasteiger partial charge in [0.05, 0.1) is 0 Å². The molecule has 0 fully saturated rings. The van der Waals surface area contributed by atoms with Gasteiger partial charge in [0.2, 0.25) is 0 Å². The van der Waals surface area contributed by atoms with Gasteiger partial charge in [0.25, 0.3) is 0 Å². The van der Waals surface area contributed by atoms with E-state index in [1.165, 1.54) is 31.6 Å². The van der Waals surface area contributed by atoms with E-state index < -0.39 is 0 Å². The molecule has 0 heterocycles. The van der Waals surface area contributed by atoms with E-state index in [-0.39, 0.29) is 0 Å². The van der Waals surface area contributed by atoms with Crippen molar-refractivity contribution >= 4 is 11.8 Å². The van der Waals surface area contributed by atoms with E-state index in [1.54, 1.807) is 0 Å². The summed E-state index contributed by atoms with van der Waals surface area (Å²) in [6, 6.07) is 0.684. The SMILES string of the molecule is CCCC(C)(CNCC(C)C)CN(C)C(C)CCSC. The summed E-state index contributed by atoms with van der Waals surface area (Å²) in [5, 5.41) is 3.67. The molecule has 0 aromatic carbocycles. The van der Waals surface area contributed by atoms with Gasteiger partial charge in [0.15, 0.2) is 0 Å². The fraction of sp³-hybridized carbons (Fsp3) is 1.00. The van der Waals surface area contributed by atoms with Crippen LogP contribution >= 0.6 is 11.8 Å². The van der Waals surface area contributed by atoms with E-state index in [0.29, 0.717) is 11.5 Å². The van der Waals surface area contributed by atoms with Gasteiger partial charge < -0.3 is 10.2 Å². The predicted octanol–water partition coefficient (Wildman–Crippen LogP) is 4.11. The van der Waals surface area contributed by atoms with Gasteiger partial charge in [-0.3, -0.25) is 0 Å². The van der Waals surface area contributed by atoms with Gasteiger partial charge in [-0.15, -0.1) is 0 Å². The molecule has 2 atom stereocenters. The zero-order chi connectivity index (χ0) is 15.6. The molecule has 0 amide bonds. The van der Waals surface area contributed by atoms with Crippen LogP contribution in [0.5, 0.6) is 0 Å². The second-order valence-corrected chi connectivity index (χ2v) is 8.12. The van der Waals surface area contributed by atoms with Crippen LogP contribution in [-0.4, -0.2) is 49.6 Å². The lowest BCUT2D eigenvalue weighted by Crippen LogP contribution is -2.44. The first-order valence-electron chi connectivity index (χ1n) is 8.24. The lowest BCUT2D eigenvalue weighted by molar-refractivity contribution is 0.139. The van der Waals surface area contributed by atoms with Gasteiger partial charge in [0.1, 0.15) is 0 Å². The van der Waals surface area contributed by atoms with E-state index >= 15 is 0 Å².